The van der Waals surface area contributed by atoms with Crippen LogP contribution >= 0.6 is 11.3 Å². The molecule has 0 radical (unpaired) electrons. The number of amides is 1. The van der Waals surface area contributed by atoms with Gasteiger partial charge in [0, 0.05) is 30.2 Å². The van der Waals surface area contributed by atoms with Crippen molar-refractivity contribution in [1.82, 2.24) is 20.5 Å². The summed E-state index contributed by atoms with van der Waals surface area (Å²) in [6, 6.07) is 7.55. The van der Waals surface area contributed by atoms with Gasteiger partial charge in [-0.3, -0.25) is 9.78 Å². The Balaban J connectivity index is 1.48. The van der Waals surface area contributed by atoms with E-state index < -0.39 is 0 Å². The Hall–Kier alpha value is -2.54. The number of aromatic nitrogens is 3. The summed E-state index contributed by atoms with van der Waals surface area (Å²) in [6.07, 6.45) is 4.26. The molecule has 22 heavy (non-hydrogen) atoms. The van der Waals surface area contributed by atoms with Crippen molar-refractivity contribution in [2.75, 3.05) is 6.54 Å². The fourth-order valence-corrected chi connectivity index (χ4v) is 2.61. The molecule has 3 aromatic heterocycles. The smallest absolute Gasteiger partial charge is 0.249 e. The molecule has 3 rings (SSSR count). The fraction of sp³-hybridized carbons (Fsp3) is 0.200. The molecule has 1 N–H and O–H groups in total. The van der Waals surface area contributed by atoms with Crippen LogP contribution in [-0.2, 0) is 17.6 Å². The van der Waals surface area contributed by atoms with Gasteiger partial charge in [0.1, 0.15) is 0 Å². The number of rotatable bonds is 6. The first kappa shape index (κ1) is 14.4. The van der Waals surface area contributed by atoms with Gasteiger partial charge in [0.25, 0.3) is 0 Å². The highest BCUT2D eigenvalue weighted by Gasteiger charge is 2.09. The molecule has 0 aliphatic carbocycles. The van der Waals surface area contributed by atoms with Crippen LogP contribution in [0, 0.1) is 0 Å². The maximum atomic E-state index is 11.7. The van der Waals surface area contributed by atoms with Crippen molar-refractivity contribution in [3.05, 3.63) is 52.8 Å². The predicted molar refractivity (Wildman–Crippen MR) is 82.3 cm³/mol. The van der Waals surface area contributed by atoms with Crippen molar-refractivity contribution in [3.63, 3.8) is 0 Å². The van der Waals surface area contributed by atoms with Crippen LogP contribution in [0.3, 0.4) is 0 Å². The summed E-state index contributed by atoms with van der Waals surface area (Å²) in [6.45, 7) is 0.471. The van der Waals surface area contributed by atoms with Gasteiger partial charge in [-0.1, -0.05) is 6.07 Å². The number of hydrogen-bond donors (Lipinski definition) is 1. The lowest BCUT2D eigenvalue weighted by molar-refractivity contribution is -0.120. The molecule has 6 nitrogen and oxygen atoms in total. The maximum absolute atomic E-state index is 11.7. The number of hydrogen-bond acceptors (Lipinski definition) is 6. The minimum atomic E-state index is -0.00514. The zero-order valence-corrected chi connectivity index (χ0v) is 12.5. The largest absolute Gasteiger partial charge is 0.421 e. The lowest BCUT2D eigenvalue weighted by atomic mass is 10.3. The summed E-state index contributed by atoms with van der Waals surface area (Å²) in [4.78, 5) is 16.8. The first-order valence-electron chi connectivity index (χ1n) is 6.83. The number of carbonyl (C=O) groups excluding carboxylic acids is 1. The summed E-state index contributed by atoms with van der Waals surface area (Å²) >= 11 is 1.57. The Kier molecular flexibility index (Phi) is 4.55. The zero-order chi connectivity index (χ0) is 15.2. The van der Waals surface area contributed by atoms with Gasteiger partial charge in [-0.2, -0.15) is 0 Å². The number of nitrogens with zero attached hydrogens (tertiary/aromatic N) is 3. The molecule has 0 unspecified atom stereocenters. The molecule has 0 aromatic carbocycles. The van der Waals surface area contributed by atoms with Gasteiger partial charge in [-0.25, -0.2) is 0 Å². The summed E-state index contributed by atoms with van der Waals surface area (Å²) in [5.41, 5.74) is 0.781. The summed E-state index contributed by atoms with van der Waals surface area (Å²) in [5, 5.41) is 12.8. The van der Waals surface area contributed by atoms with E-state index in [4.69, 9.17) is 4.42 Å². The van der Waals surface area contributed by atoms with Crippen molar-refractivity contribution in [1.29, 1.82) is 0 Å². The molecule has 0 saturated carbocycles. The van der Waals surface area contributed by atoms with Gasteiger partial charge in [0.05, 0.1) is 12.0 Å². The average molecular weight is 314 g/mol. The molecule has 112 valence electrons. The first-order valence-corrected chi connectivity index (χ1v) is 7.71. The van der Waals surface area contributed by atoms with E-state index in [0.717, 1.165) is 10.4 Å². The first-order chi connectivity index (χ1) is 10.8. The van der Waals surface area contributed by atoms with Crippen LogP contribution < -0.4 is 5.32 Å². The molecule has 0 bridgehead atoms. The molecule has 0 saturated heterocycles. The van der Waals surface area contributed by atoms with Gasteiger partial charge < -0.3 is 9.73 Å². The highest BCUT2D eigenvalue weighted by molar-refractivity contribution is 7.10. The SMILES string of the molecule is O=C(Cc1cccs1)NCCc1nnc(-c2cccnc2)o1. The van der Waals surface area contributed by atoms with Gasteiger partial charge in [0.15, 0.2) is 0 Å². The van der Waals surface area contributed by atoms with E-state index in [1.54, 1.807) is 23.7 Å². The molecule has 3 heterocycles. The van der Waals surface area contributed by atoms with E-state index in [0.29, 0.717) is 31.2 Å². The summed E-state index contributed by atoms with van der Waals surface area (Å²) in [5.74, 6) is 0.928. The molecule has 0 spiro atoms. The quantitative estimate of drug-likeness (QED) is 0.753. The summed E-state index contributed by atoms with van der Waals surface area (Å²) in [7, 11) is 0. The van der Waals surface area contributed by atoms with Gasteiger partial charge in [0.2, 0.25) is 17.7 Å². The molecule has 0 aliphatic rings. The van der Waals surface area contributed by atoms with Crippen molar-refractivity contribution < 1.29 is 9.21 Å². The molecular formula is C15H14N4O2S. The number of thiophene rings is 1. The van der Waals surface area contributed by atoms with Crippen LogP contribution in [0.25, 0.3) is 11.5 Å². The van der Waals surface area contributed by atoms with E-state index in [1.165, 1.54) is 0 Å². The molecule has 0 aliphatic heterocycles. The summed E-state index contributed by atoms with van der Waals surface area (Å²) < 4.78 is 5.55. The van der Waals surface area contributed by atoms with Gasteiger partial charge >= 0.3 is 0 Å². The Morgan fingerprint density at radius 3 is 3.00 bits per heavy atom. The molecule has 0 fully saturated rings. The second-order valence-corrected chi connectivity index (χ2v) is 5.63. The van der Waals surface area contributed by atoms with Crippen molar-refractivity contribution in [3.8, 4) is 11.5 Å². The molecule has 3 aromatic rings. The van der Waals surface area contributed by atoms with E-state index in [9.17, 15) is 4.79 Å². The van der Waals surface area contributed by atoms with Crippen molar-refractivity contribution in [2.24, 2.45) is 0 Å². The zero-order valence-electron chi connectivity index (χ0n) is 11.7. The van der Waals surface area contributed by atoms with E-state index in [2.05, 4.69) is 20.5 Å². The number of carbonyl (C=O) groups is 1. The average Bonchev–Trinajstić information content (AvgIpc) is 3.20. The molecule has 1 amide bonds. The van der Waals surface area contributed by atoms with Crippen LogP contribution in [0.1, 0.15) is 10.8 Å². The topological polar surface area (TPSA) is 80.9 Å². The van der Waals surface area contributed by atoms with E-state index in [-0.39, 0.29) is 5.91 Å². The normalized spacial score (nSPS) is 10.5. The Bertz CT molecular complexity index is 725. The predicted octanol–water partition coefficient (Wildman–Crippen LogP) is 2.09. The third kappa shape index (κ3) is 3.76. The van der Waals surface area contributed by atoms with E-state index in [1.807, 2.05) is 29.6 Å². The lowest BCUT2D eigenvalue weighted by Gasteiger charge is -2.01. The van der Waals surface area contributed by atoms with Gasteiger partial charge in [-0.05, 0) is 23.6 Å². The van der Waals surface area contributed by atoms with E-state index >= 15 is 0 Å². The van der Waals surface area contributed by atoms with Crippen LogP contribution in [0.5, 0.6) is 0 Å². The Labute approximate surface area is 131 Å². The maximum Gasteiger partial charge on any atom is 0.249 e. The third-order valence-electron chi connectivity index (χ3n) is 2.95. The number of pyridine rings is 1. The minimum absolute atomic E-state index is 0.00514. The van der Waals surface area contributed by atoms with Gasteiger partial charge in [-0.15, -0.1) is 21.5 Å². The second kappa shape index (κ2) is 6.95. The van der Waals surface area contributed by atoms with Crippen LogP contribution in [0.4, 0.5) is 0 Å². The van der Waals surface area contributed by atoms with Crippen LogP contribution in [0.15, 0.2) is 46.5 Å². The Morgan fingerprint density at radius 1 is 1.27 bits per heavy atom. The van der Waals surface area contributed by atoms with Crippen molar-refractivity contribution >= 4 is 17.2 Å². The monoisotopic (exact) mass is 314 g/mol. The van der Waals surface area contributed by atoms with Crippen molar-refractivity contribution in [2.45, 2.75) is 12.8 Å². The van der Waals surface area contributed by atoms with Crippen LogP contribution in [0.2, 0.25) is 0 Å². The Morgan fingerprint density at radius 2 is 2.23 bits per heavy atom. The highest BCUT2D eigenvalue weighted by atomic mass is 32.1. The fourth-order valence-electron chi connectivity index (χ4n) is 1.90. The standard InChI is InChI=1S/C15H14N4O2S/c20-13(9-12-4-2-8-22-12)17-7-5-14-18-19-15(21-14)11-3-1-6-16-10-11/h1-4,6,8,10H,5,7,9H2,(H,17,20). The molecule has 0 atom stereocenters. The molecular weight excluding hydrogens is 300 g/mol. The minimum Gasteiger partial charge on any atom is -0.421 e. The van der Waals surface area contributed by atoms with Crippen LogP contribution in [-0.4, -0.2) is 27.6 Å². The molecule has 7 heteroatoms. The highest BCUT2D eigenvalue weighted by Crippen LogP contribution is 2.15. The number of nitrogens with one attached hydrogen (secondary N) is 1. The lowest BCUT2D eigenvalue weighted by Crippen LogP contribution is -2.27. The third-order valence-corrected chi connectivity index (χ3v) is 3.83. The second-order valence-electron chi connectivity index (χ2n) is 4.60.